The van der Waals surface area contributed by atoms with Gasteiger partial charge in [0.05, 0.1) is 0 Å². The maximum Gasteiger partial charge on any atom is 0.270 e. The van der Waals surface area contributed by atoms with Gasteiger partial charge in [-0.05, 0) is 18.2 Å². The van der Waals surface area contributed by atoms with Crippen molar-refractivity contribution >= 4 is 22.6 Å². The van der Waals surface area contributed by atoms with E-state index < -0.39 is 0 Å². The quantitative estimate of drug-likeness (QED) is 0.789. The first-order valence-electron chi connectivity index (χ1n) is 9.07. The molecule has 1 N–H and O–H groups in total. The lowest BCUT2D eigenvalue weighted by Gasteiger charge is -2.35. The molecule has 6 nitrogen and oxygen atoms in total. The van der Waals surface area contributed by atoms with Gasteiger partial charge in [0.15, 0.2) is 0 Å². The van der Waals surface area contributed by atoms with E-state index in [0.717, 1.165) is 35.6 Å². The topological polar surface area (TPSA) is 65.1 Å². The van der Waals surface area contributed by atoms with Crippen molar-refractivity contribution in [2.45, 2.75) is 19.8 Å². The number of fused-ring (bicyclic) bond motifs is 1. The summed E-state index contributed by atoms with van der Waals surface area (Å²) in [6, 6.07) is 11.8. The summed E-state index contributed by atoms with van der Waals surface area (Å²) in [5, 5.41) is 1.07. The minimum atomic E-state index is 0.0615. The van der Waals surface area contributed by atoms with Crippen molar-refractivity contribution in [3.8, 4) is 0 Å². The highest BCUT2D eigenvalue weighted by atomic mass is 16.2. The summed E-state index contributed by atoms with van der Waals surface area (Å²) in [7, 11) is 0. The highest BCUT2D eigenvalue weighted by molar-refractivity contribution is 5.98. The van der Waals surface area contributed by atoms with Crippen LogP contribution in [-0.2, 0) is 0 Å². The number of aromatic nitrogens is 3. The van der Waals surface area contributed by atoms with Crippen LogP contribution in [0, 0.1) is 0 Å². The van der Waals surface area contributed by atoms with Gasteiger partial charge in [0.25, 0.3) is 5.91 Å². The van der Waals surface area contributed by atoms with Crippen LogP contribution in [0.3, 0.4) is 0 Å². The molecule has 0 unspecified atom stereocenters. The highest BCUT2D eigenvalue weighted by Crippen LogP contribution is 2.19. The van der Waals surface area contributed by atoms with Gasteiger partial charge in [-0.2, -0.15) is 0 Å². The van der Waals surface area contributed by atoms with Crippen molar-refractivity contribution in [1.29, 1.82) is 0 Å². The van der Waals surface area contributed by atoms with E-state index in [1.807, 2.05) is 47.5 Å². The van der Waals surface area contributed by atoms with Crippen molar-refractivity contribution in [2.24, 2.45) is 0 Å². The highest BCUT2D eigenvalue weighted by Gasteiger charge is 2.24. The molecule has 1 saturated heterocycles. The van der Waals surface area contributed by atoms with Gasteiger partial charge in [-0.15, -0.1) is 0 Å². The number of rotatable bonds is 3. The average molecular weight is 349 g/mol. The number of piperazine rings is 1. The number of nitrogens with one attached hydrogen (secondary N) is 1. The van der Waals surface area contributed by atoms with Crippen LogP contribution in [0.1, 0.15) is 36.1 Å². The predicted octanol–water partition coefficient (Wildman–Crippen LogP) is 3.04. The molecule has 0 spiro atoms. The second-order valence-corrected chi connectivity index (χ2v) is 6.98. The van der Waals surface area contributed by atoms with Crippen molar-refractivity contribution < 1.29 is 4.79 Å². The third-order valence-corrected chi connectivity index (χ3v) is 4.83. The number of benzene rings is 1. The summed E-state index contributed by atoms with van der Waals surface area (Å²) >= 11 is 0. The first-order valence-corrected chi connectivity index (χ1v) is 9.07. The van der Waals surface area contributed by atoms with Crippen LogP contribution in [0.5, 0.6) is 0 Å². The van der Waals surface area contributed by atoms with Crippen LogP contribution >= 0.6 is 0 Å². The molecule has 1 aliphatic heterocycles. The number of hydrogen-bond donors (Lipinski definition) is 1. The van der Waals surface area contributed by atoms with Crippen LogP contribution in [-0.4, -0.2) is 51.9 Å². The van der Waals surface area contributed by atoms with E-state index in [-0.39, 0.29) is 5.91 Å². The summed E-state index contributed by atoms with van der Waals surface area (Å²) in [6.07, 6.45) is 1.82. The Kier molecular flexibility index (Phi) is 4.32. The predicted molar refractivity (Wildman–Crippen MR) is 103 cm³/mol. The standard InChI is InChI=1S/C20H23N5O/c1-14(2)19-21-8-7-18(23-19)24-9-11-25(12-10-24)20(26)17-13-15-5-3-4-6-16(15)22-17/h3-8,13-14,22H,9-12H2,1-2H3. The Morgan fingerprint density at radius 3 is 2.62 bits per heavy atom. The molecule has 26 heavy (non-hydrogen) atoms. The molecule has 6 heteroatoms. The van der Waals surface area contributed by atoms with Gasteiger partial charge in [-0.1, -0.05) is 32.0 Å². The average Bonchev–Trinajstić information content (AvgIpc) is 3.12. The molecule has 0 aliphatic carbocycles. The minimum absolute atomic E-state index is 0.0615. The Balaban J connectivity index is 1.44. The molecular weight excluding hydrogens is 326 g/mol. The van der Waals surface area contributed by atoms with Crippen molar-refractivity contribution in [3.05, 3.63) is 54.1 Å². The Labute approximate surface area is 152 Å². The molecule has 4 rings (SSSR count). The number of aromatic amines is 1. The number of nitrogens with zero attached hydrogens (tertiary/aromatic N) is 4. The van der Waals surface area contributed by atoms with Crippen molar-refractivity contribution in [3.63, 3.8) is 0 Å². The number of anilines is 1. The Morgan fingerprint density at radius 2 is 1.88 bits per heavy atom. The smallest absolute Gasteiger partial charge is 0.270 e. The molecule has 1 fully saturated rings. The van der Waals surface area contributed by atoms with Gasteiger partial charge >= 0.3 is 0 Å². The number of carbonyl (C=O) groups is 1. The second-order valence-electron chi connectivity index (χ2n) is 6.98. The van der Waals surface area contributed by atoms with Gasteiger partial charge in [0, 0.05) is 49.2 Å². The van der Waals surface area contributed by atoms with Crippen molar-refractivity contribution in [1.82, 2.24) is 19.9 Å². The van der Waals surface area contributed by atoms with E-state index in [9.17, 15) is 4.79 Å². The summed E-state index contributed by atoms with van der Waals surface area (Å²) in [4.78, 5) is 29.2. The molecule has 1 aromatic carbocycles. The zero-order valence-corrected chi connectivity index (χ0v) is 15.1. The van der Waals surface area contributed by atoms with E-state index in [0.29, 0.717) is 24.7 Å². The summed E-state index contributed by atoms with van der Waals surface area (Å²) in [5.74, 6) is 2.17. The summed E-state index contributed by atoms with van der Waals surface area (Å²) < 4.78 is 0. The van der Waals surface area contributed by atoms with Gasteiger partial charge in [-0.3, -0.25) is 4.79 Å². The molecular formula is C20H23N5O. The molecule has 3 heterocycles. The number of H-pyrrole nitrogens is 1. The first-order chi connectivity index (χ1) is 12.6. The van der Waals surface area contributed by atoms with Crippen LogP contribution in [0.2, 0.25) is 0 Å². The SMILES string of the molecule is CC(C)c1nccc(N2CCN(C(=O)c3cc4ccccc4[nH]3)CC2)n1. The fraction of sp³-hybridized carbons (Fsp3) is 0.350. The lowest BCUT2D eigenvalue weighted by Crippen LogP contribution is -2.49. The number of hydrogen-bond acceptors (Lipinski definition) is 4. The molecule has 0 bridgehead atoms. The van der Waals surface area contributed by atoms with Gasteiger partial charge in [0.1, 0.15) is 17.3 Å². The lowest BCUT2D eigenvalue weighted by molar-refractivity contribution is 0.0741. The number of amides is 1. The van der Waals surface area contributed by atoms with E-state index >= 15 is 0 Å². The molecule has 1 amide bonds. The first kappa shape index (κ1) is 16.6. The van der Waals surface area contributed by atoms with E-state index in [4.69, 9.17) is 0 Å². The monoisotopic (exact) mass is 349 g/mol. The minimum Gasteiger partial charge on any atom is -0.353 e. The molecule has 0 atom stereocenters. The zero-order chi connectivity index (χ0) is 18.1. The van der Waals surface area contributed by atoms with Gasteiger partial charge < -0.3 is 14.8 Å². The fourth-order valence-corrected chi connectivity index (χ4v) is 3.32. The third-order valence-electron chi connectivity index (χ3n) is 4.83. The molecule has 1 aliphatic rings. The second kappa shape index (κ2) is 6.78. The summed E-state index contributed by atoms with van der Waals surface area (Å²) in [6.45, 7) is 7.12. The maximum absolute atomic E-state index is 12.8. The van der Waals surface area contributed by atoms with E-state index in [2.05, 4.69) is 33.7 Å². The Hall–Kier alpha value is -2.89. The molecule has 0 radical (unpaired) electrons. The molecule has 0 saturated carbocycles. The Morgan fingerprint density at radius 1 is 1.12 bits per heavy atom. The normalized spacial score (nSPS) is 15.0. The van der Waals surface area contributed by atoms with Gasteiger partial charge in [-0.25, -0.2) is 9.97 Å². The maximum atomic E-state index is 12.8. The Bertz CT molecular complexity index is 892. The number of para-hydroxylation sites is 1. The van der Waals surface area contributed by atoms with Crippen LogP contribution < -0.4 is 4.90 Å². The van der Waals surface area contributed by atoms with Crippen LogP contribution in [0.25, 0.3) is 10.9 Å². The molecule has 3 aromatic rings. The zero-order valence-electron chi connectivity index (χ0n) is 15.1. The number of carbonyl (C=O) groups excluding carboxylic acids is 1. The molecule has 2 aromatic heterocycles. The van der Waals surface area contributed by atoms with Crippen molar-refractivity contribution in [2.75, 3.05) is 31.1 Å². The third kappa shape index (κ3) is 3.14. The lowest BCUT2D eigenvalue weighted by atomic mass is 10.2. The van der Waals surface area contributed by atoms with E-state index in [1.165, 1.54) is 0 Å². The van der Waals surface area contributed by atoms with E-state index in [1.54, 1.807) is 0 Å². The van der Waals surface area contributed by atoms with Gasteiger partial charge in [0.2, 0.25) is 0 Å². The fourth-order valence-electron chi connectivity index (χ4n) is 3.32. The summed E-state index contributed by atoms with van der Waals surface area (Å²) in [5.41, 5.74) is 1.65. The largest absolute Gasteiger partial charge is 0.353 e. The molecule has 134 valence electrons. The van der Waals surface area contributed by atoms with Crippen LogP contribution in [0.4, 0.5) is 5.82 Å². The van der Waals surface area contributed by atoms with Crippen LogP contribution in [0.15, 0.2) is 42.6 Å².